The van der Waals surface area contributed by atoms with Crippen LogP contribution in [0, 0.1) is 5.82 Å². The standard InChI is InChI=1S/C28H26FN3O3S/c1-3-18-10-13-24-20(14-18)15-21(26(33)30-24)17-32(16-19-8-11-22(29)12-9-19)28(36)31-25-7-5-4-6-23(25)27(34)35-2/h4-15H,3,16-17H2,1-2H3,(H,30,33)(H,31,36). The van der Waals surface area contributed by atoms with Crippen molar-refractivity contribution in [1.82, 2.24) is 9.88 Å². The summed E-state index contributed by atoms with van der Waals surface area (Å²) in [5.74, 6) is -0.834. The van der Waals surface area contributed by atoms with Crippen LogP contribution in [0.25, 0.3) is 10.9 Å². The predicted molar refractivity (Wildman–Crippen MR) is 144 cm³/mol. The molecular weight excluding hydrogens is 477 g/mol. The van der Waals surface area contributed by atoms with Gasteiger partial charge in [-0.1, -0.05) is 37.3 Å². The Balaban J connectivity index is 1.68. The van der Waals surface area contributed by atoms with Crippen molar-refractivity contribution in [2.24, 2.45) is 0 Å². The van der Waals surface area contributed by atoms with E-state index in [1.54, 1.807) is 41.3 Å². The number of methoxy groups -OCH3 is 1. The van der Waals surface area contributed by atoms with Gasteiger partial charge in [0.05, 0.1) is 24.9 Å². The molecule has 3 aromatic carbocycles. The van der Waals surface area contributed by atoms with Crippen molar-refractivity contribution in [1.29, 1.82) is 0 Å². The lowest BCUT2D eigenvalue weighted by molar-refractivity contribution is 0.0602. The molecule has 0 aliphatic heterocycles. The Kier molecular flexibility index (Phi) is 7.75. The van der Waals surface area contributed by atoms with Crippen molar-refractivity contribution < 1.29 is 13.9 Å². The van der Waals surface area contributed by atoms with Gasteiger partial charge < -0.3 is 19.9 Å². The first-order valence-electron chi connectivity index (χ1n) is 11.5. The molecule has 4 rings (SSSR count). The molecule has 8 heteroatoms. The molecule has 0 saturated heterocycles. The van der Waals surface area contributed by atoms with Crippen LogP contribution in [-0.4, -0.2) is 28.1 Å². The third kappa shape index (κ3) is 5.78. The number of rotatable bonds is 7. The number of anilines is 1. The maximum absolute atomic E-state index is 13.5. The van der Waals surface area contributed by atoms with Crippen LogP contribution in [-0.2, 0) is 24.2 Å². The Labute approximate surface area is 213 Å². The summed E-state index contributed by atoms with van der Waals surface area (Å²) in [6.07, 6.45) is 0.884. The molecular formula is C28H26FN3O3S. The van der Waals surface area contributed by atoms with Crippen molar-refractivity contribution in [3.63, 3.8) is 0 Å². The van der Waals surface area contributed by atoms with E-state index in [9.17, 15) is 14.0 Å². The molecule has 2 N–H and O–H groups in total. The van der Waals surface area contributed by atoms with Crippen LogP contribution in [0.15, 0.2) is 77.6 Å². The highest BCUT2D eigenvalue weighted by Gasteiger charge is 2.18. The Morgan fingerprint density at radius 2 is 1.75 bits per heavy atom. The molecule has 1 aromatic heterocycles. The highest BCUT2D eigenvalue weighted by Crippen LogP contribution is 2.20. The smallest absolute Gasteiger partial charge is 0.339 e. The normalized spacial score (nSPS) is 10.8. The van der Waals surface area contributed by atoms with E-state index in [4.69, 9.17) is 17.0 Å². The number of benzene rings is 3. The van der Waals surface area contributed by atoms with E-state index in [-0.39, 0.29) is 17.9 Å². The lowest BCUT2D eigenvalue weighted by Crippen LogP contribution is -2.36. The molecule has 0 bridgehead atoms. The maximum Gasteiger partial charge on any atom is 0.339 e. The number of aromatic amines is 1. The monoisotopic (exact) mass is 503 g/mol. The number of pyridine rings is 1. The Bertz CT molecular complexity index is 1470. The fourth-order valence-corrected chi connectivity index (χ4v) is 4.17. The number of halogens is 1. The van der Waals surface area contributed by atoms with Gasteiger partial charge in [0.15, 0.2) is 5.11 Å². The van der Waals surface area contributed by atoms with Gasteiger partial charge in [-0.25, -0.2) is 9.18 Å². The van der Waals surface area contributed by atoms with E-state index in [1.165, 1.54) is 24.8 Å². The van der Waals surface area contributed by atoms with E-state index in [0.29, 0.717) is 28.5 Å². The SMILES string of the molecule is CCc1ccc2[nH]c(=O)c(CN(Cc3ccc(F)cc3)C(=S)Nc3ccccc3C(=O)OC)cc2c1. The molecule has 0 atom stereocenters. The van der Waals surface area contributed by atoms with Crippen LogP contribution < -0.4 is 10.9 Å². The van der Waals surface area contributed by atoms with Crippen LogP contribution in [0.5, 0.6) is 0 Å². The van der Waals surface area contributed by atoms with Gasteiger partial charge in [-0.2, -0.15) is 0 Å². The number of para-hydroxylation sites is 1. The number of nitrogens with zero attached hydrogens (tertiary/aromatic N) is 1. The van der Waals surface area contributed by atoms with E-state index >= 15 is 0 Å². The first-order valence-corrected chi connectivity index (χ1v) is 11.9. The van der Waals surface area contributed by atoms with E-state index in [1.807, 2.05) is 18.2 Å². The third-order valence-electron chi connectivity index (χ3n) is 5.90. The number of H-pyrrole nitrogens is 1. The van der Waals surface area contributed by atoms with Crippen molar-refractivity contribution >= 4 is 39.9 Å². The summed E-state index contributed by atoms with van der Waals surface area (Å²) in [5.41, 5.74) is 3.88. The highest BCUT2D eigenvalue weighted by molar-refractivity contribution is 7.80. The molecule has 184 valence electrons. The first kappa shape index (κ1) is 25.1. The van der Waals surface area contributed by atoms with Crippen LogP contribution in [0.2, 0.25) is 0 Å². The second-order valence-corrected chi connectivity index (χ2v) is 8.74. The van der Waals surface area contributed by atoms with Gasteiger partial charge in [0.2, 0.25) is 0 Å². The second-order valence-electron chi connectivity index (χ2n) is 8.35. The average Bonchev–Trinajstić information content (AvgIpc) is 2.89. The van der Waals surface area contributed by atoms with Crippen molar-refractivity contribution in [3.05, 3.63) is 111 Å². The molecule has 1 heterocycles. The highest BCUT2D eigenvalue weighted by atomic mass is 32.1. The molecule has 36 heavy (non-hydrogen) atoms. The number of nitrogens with one attached hydrogen (secondary N) is 2. The van der Waals surface area contributed by atoms with E-state index in [2.05, 4.69) is 23.3 Å². The summed E-state index contributed by atoms with van der Waals surface area (Å²) >= 11 is 5.72. The van der Waals surface area contributed by atoms with Crippen LogP contribution in [0.3, 0.4) is 0 Å². The molecule has 6 nitrogen and oxygen atoms in total. The molecule has 0 spiro atoms. The Morgan fingerprint density at radius 1 is 1.03 bits per heavy atom. The first-order chi connectivity index (χ1) is 17.4. The number of ether oxygens (including phenoxy) is 1. The largest absolute Gasteiger partial charge is 0.465 e. The maximum atomic E-state index is 13.5. The predicted octanol–water partition coefficient (Wildman–Crippen LogP) is 5.42. The molecule has 0 saturated carbocycles. The van der Waals surface area contributed by atoms with Gasteiger partial charge in [0, 0.05) is 17.6 Å². The minimum Gasteiger partial charge on any atom is -0.465 e. The van der Waals surface area contributed by atoms with Gasteiger partial charge >= 0.3 is 5.97 Å². The molecule has 0 radical (unpaired) electrons. The number of carbonyl (C=O) groups is 1. The fourth-order valence-electron chi connectivity index (χ4n) is 3.93. The van der Waals surface area contributed by atoms with Gasteiger partial charge in [-0.15, -0.1) is 0 Å². The summed E-state index contributed by atoms with van der Waals surface area (Å²) in [6.45, 7) is 2.60. The number of hydrogen-bond donors (Lipinski definition) is 2. The van der Waals surface area contributed by atoms with Gasteiger partial charge in [0.25, 0.3) is 5.56 Å². The molecule has 0 aliphatic rings. The molecule has 0 fully saturated rings. The number of hydrogen-bond acceptors (Lipinski definition) is 4. The minimum atomic E-state index is -0.497. The van der Waals surface area contributed by atoms with Gasteiger partial charge in [0.1, 0.15) is 5.82 Å². The van der Waals surface area contributed by atoms with E-state index in [0.717, 1.165) is 22.9 Å². The van der Waals surface area contributed by atoms with Crippen LogP contribution in [0.1, 0.15) is 34.0 Å². The van der Waals surface area contributed by atoms with Crippen molar-refractivity contribution in [2.75, 3.05) is 12.4 Å². The summed E-state index contributed by atoms with van der Waals surface area (Å²) in [7, 11) is 1.31. The van der Waals surface area contributed by atoms with Gasteiger partial charge in [-0.05, 0) is 77.6 Å². The zero-order chi connectivity index (χ0) is 25.7. The molecule has 0 amide bonds. The summed E-state index contributed by atoms with van der Waals surface area (Å²) in [6, 6.07) is 20.8. The molecule has 0 aliphatic carbocycles. The Morgan fingerprint density at radius 3 is 2.47 bits per heavy atom. The zero-order valence-corrected chi connectivity index (χ0v) is 20.8. The van der Waals surface area contributed by atoms with Crippen molar-refractivity contribution in [3.8, 4) is 0 Å². The van der Waals surface area contributed by atoms with Gasteiger partial charge in [-0.3, -0.25) is 4.79 Å². The zero-order valence-electron chi connectivity index (χ0n) is 20.0. The summed E-state index contributed by atoms with van der Waals surface area (Å²) in [5, 5.41) is 4.36. The van der Waals surface area contributed by atoms with Crippen LogP contribution >= 0.6 is 12.2 Å². The number of carbonyl (C=O) groups excluding carboxylic acids is 1. The van der Waals surface area contributed by atoms with Crippen molar-refractivity contribution in [2.45, 2.75) is 26.4 Å². The fraction of sp³-hybridized carbons (Fsp3) is 0.179. The number of aryl methyl sites for hydroxylation is 1. The average molecular weight is 504 g/mol. The van der Waals surface area contributed by atoms with Crippen LogP contribution in [0.4, 0.5) is 10.1 Å². The Hall–Kier alpha value is -4.04. The lowest BCUT2D eigenvalue weighted by Gasteiger charge is -2.26. The lowest BCUT2D eigenvalue weighted by atomic mass is 10.1. The number of thiocarbonyl (C=S) groups is 1. The second kappa shape index (κ2) is 11.1. The number of esters is 1. The molecule has 0 unspecified atom stereocenters. The summed E-state index contributed by atoms with van der Waals surface area (Å²) in [4.78, 5) is 29.9. The number of aromatic nitrogens is 1. The number of fused-ring (bicyclic) bond motifs is 1. The summed E-state index contributed by atoms with van der Waals surface area (Å²) < 4.78 is 18.4. The quantitative estimate of drug-likeness (QED) is 0.259. The van der Waals surface area contributed by atoms with E-state index < -0.39 is 5.97 Å². The minimum absolute atomic E-state index is 0.200. The third-order valence-corrected chi connectivity index (χ3v) is 6.26. The topological polar surface area (TPSA) is 74.4 Å². The molecule has 4 aromatic rings.